The molecule has 0 nitrogen and oxygen atoms in total. The first-order valence-corrected chi connectivity index (χ1v) is 15.8. The number of hydrogen-bond donors (Lipinski definition) is 0. The Hall–Kier alpha value is -1.98. The van der Waals surface area contributed by atoms with Crippen LogP contribution < -0.4 is 10.7 Å². The summed E-state index contributed by atoms with van der Waals surface area (Å²) in [5, 5.41) is 0. The van der Waals surface area contributed by atoms with Gasteiger partial charge in [-0.15, -0.1) is 0 Å². The third kappa shape index (κ3) is 4.85. The van der Waals surface area contributed by atoms with Gasteiger partial charge in [-0.1, -0.05) is 0 Å². The second-order valence-electron chi connectivity index (χ2n) is 6.96. The molecule has 0 aromatic heterocycles. The third-order valence-corrected chi connectivity index (χ3v) is 16.9. The second kappa shape index (κ2) is 10.4. The van der Waals surface area contributed by atoms with Gasteiger partial charge < -0.3 is 0 Å². The average Bonchev–Trinajstić information content (AvgIpc) is 2.75. The van der Waals surface area contributed by atoms with Crippen molar-refractivity contribution in [1.29, 1.82) is 0 Å². The van der Waals surface area contributed by atoms with Crippen molar-refractivity contribution in [2.75, 3.05) is 0 Å². The van der Waals surface area contributed by atoms with Crippen molar-refractivity contribution in [1.82, 2.24) is 0 Å². The Morgan fingerprint density at radius 1 is 0.593 bits per heavy atom. The minimum atomic E-state index is -3.34. The van der Waals surface area contributed by atoms with E-state index in [1.54, 1.807) is 0 Å². The molecule has 0 aliphatic heterocycles. The van der Waals surface area contributed by atoms with Crippen molar-refractivity contribution in [2.45, 2.75) is 39.0 Å². The molecule has 3 aromatic rings. The average molecular weight is 459 g/mol. The van der Waals surface area contributed by atoms with Crippen molar-refractivity contribution >= 4 is 29.1 Å². The van der Waals surface area contributed by atoms with Crippen molar-refractivity contribution in [3.63, 3.8) is 0 Å². The van der Waals surface area contributed by atoms with Crippen LogP contribution in [0.4, 0.5) is 0 Å². The van der Waals surface area contributed by atoms with E-state index < -0.39 is 18.4 Å². The Morgan fingerprint density at radius 3 is 1.44 bits per heavy atom. The van der Waals surface area contributed by atoms with Gasteiger partial charge in [0.25, 0.3) is 0 Å². The molecule has 0 fully saturated rings. The normalized spacial score (nSPS) is 10.9. The zero-order valence-corrected chi connectivity index (χ0v) is 19.0. The van der Waals surface area contributed by atoms with Gasteiger partial charge in [0.05, 0.1) is 0 Å². The first-order valence-electron chi connectivity index (χ1n) is 10.0. The van der Waals surface area contributed by atoms with Crippen LogP contribution in [0.1, 0.15) is 39.0 Å². The van der Waals surface area contributed by atoms with Crippen molar-refractivity contribution < 1.29 is 0 Å². The third-order valence-electron chi connectivity index (χ3n) is 5.05. The maximum absolute atomic E-state index is 3.92. The standard InChI is InChI=1S/C8H13.3C6H5.Sn/c1-3-5-7-8-6-4-2;3*1-2-4-6-5-3-1;/h3,5-8H2,1H3;3*1-5H;. The minimum absolute atomic E-state index is 1.01. The molecular weight excluding hydrogens is 431 g/mol. The molecule has 0 saturated heterocycles. The SMILES string of the molecule is CCCCCCC#[C][Sn]([c]1ccccc1)([c]1ccccc1)[c]1ccccc1. The Morgan fingerprint density at radius 2 is 1.04 bits per heavy atom. The van der Waals surface area contributed by atoms with E-state index in [4.69, 9.17) is 0 Å². The van der Waals surface area contributed by atoms with E-state index in [0.717, 1.165) is 6.42 Å². The fraction of sp³-hybridized carbons (Fsp3) is 0.231. The van der Waals surface area contributed by atoms with Gasteiger partial charge in [-0.25, -0.2) is 0 Å². The first-order chi connectivity index (χ1) is 13.4. The van der Waals surface area contributed by atoms with E-state index in [2.05, 4.69) is 108 Å². The summed E-state index contributed by atoms with van der Waals surface area (Å²) in [6, 6.07) is 33.1. The fourth-order valence-electron chi connectivity index (χ4n) is 3.62. The Kier molecular flexibility index (Phi) is 7.60. The summed E-state index contributed by atoms with van der Waals surface area (Å²) in [6.07, 6.45) is 6.09. The van der Waals surface area contributed by atoms with Gasteiger partial charge in [-0.3, -0.25) is 0 Å². The Bertz CT molecular complexity index is 761. The summed E-state index contributed by atoms with van der Waals surface area (Å²) < 4.78 is 8.23. The molecule has 1 heteroatoms. The van der Waals surface area contributed by atoms with Crippen LogP contribution in [0.5, 0.6) is 0 Å². The molecule has 3 aromatic carbocycles. The molecule has 0 N–H and O–H groups in total. The van der Waals surface area contributed by atoms with Gasteiger partial charge in [0, 0.05) is 0 Å². The van der Waals surface area contributed by atoms with E-state index in [1.165, 1.54) is 36.4 Å². The molecule has 0 bridgehead atoms. The van der Waals surface area contributed by atoms with Gasteiger partial charge in [-0.05, 0) is 0 Å². The second-order valence-corrected chi connectivity index (χ2v) is 16.9. The van der Waals surface area contributed by atoms with Gasteiger partial charge >= 0.3 is 169 Å². The molecule has 0 amide bonds. The molecular formula is C26H28Sn. The van der Waals surface area contributed by atoms with Crippen LogP contribution in [-0.2, 0) is 0 Å². The molecule has 0 radical (unpaired) electrons. The Balaban J connectivity index is 2.10. The topological polar surface area (TPSA) is 0 Å². The predicted molar refractivity (Wildman–Crippen MR) is 121 cm³/mol. The van der Waals surface area contributed by atoms with Crippen LogP contribution in [0.25, 0.3) is 0 Å². The van der Waals surface area contributed by atoms with Crippen molar-refractivity contribution in [3.05, 3.63) is 91.0 Å². The maximum atomic E-state index is 3.92. The van der Waals surface area contributed by atoms with Crippen LogP contribution in [0.2, 0.25) is 0 Å². The summed E-state index contributed by atoms with van der Waals surface area (Å²) in [5.74, 6) is 3.62. The van der Waals surface area contributed by atoms with Crippen LogP contribution in [0.3, 0.4) is 0 Å². The molecule has 3 rings (SSSR count). The van der Waals surface area contributed by atoms with Crippen LogP contribution in [-0.4, -0.2) is 18.4 Å². The molecule has 136 valence electrons. The molecule has 0 aliphatic carbocycles. The molecule has 0 spiro atoms. The van der Waals surface area contributed by atoms with E-state index in [1.807, 2.05) is 0 Å². The molecule has 27 heavy (non-hydrogen) atoms. The summed E-state index contributed by atoms with van der Waals surface area (Å²) in [4.78, 5) is 0. The van der Waals surface area contributed by atoms with Gasteiger partial charge in [-0.2, -0.15) is 0 Å². The van der Waals surface area contributed by atoms with Crippen molar-refractivity contribution in [3.8, 4) is 9.86 Å². The molecule has 0 aliphatic rings. The predicted octanol–water partition coefficient (Wildman–Crippen LogP) is 4.67. The van der Waals surface area contributed by atoms with Gasteiger partial charge in [0.15, 0.2) is 0 Å². The zero-order valence-electron chi connectivity index (χ0n) is 16.2. The monoisotopic (exact) mass is 460 g/mol. The van der Waals surface area contributed by atoms with E-state index in [9.17, 15) is 0 Å². The van der Waals surface area contributed by atoms with E-state index >= 15 is 0 Å². The fourth-order valence-corrected chi connectivity index (χ4v) is 14.7. The Labute approximate surface area is 168 Å². The zero-order chi connectivity index (χ0) is 18.8. The molecule has 0 atom stereocenters. The quantitative estimate of drug-likeness (QED) is 0.274. The van der Waals surface area contributed by atoms with E-state index in [0.29, 0.717) is 0 Å². The first kappa shape index (κ1) is 19.8. The van der Waals surface area contributed by atoms with Crippen LogP contribution in [0.15, 0.2) is 91.0 Å². The number of hydrogen-bond acceptors (Lipinski definition) is 0. The van der Waals surface area contributed by atoms with Crippen LogP contribution >= 0.6 is 0 Å². The summed E-state index contributed by atoms with van der Waals surface area (Å²) in [5.41, 5.74) is 0. The number of rotatable bonds is 7. The molecule has 0 heterocycles. The van der Waals surface area contributed by atoms with Gasteiger partial charge in [0.2, 0.25) is 0 Å². The molecule has 0 unspecified atom stereocenters. The summed E-state index contributed by atoms with van der Waals surface area (Å²) in [6.45, 7) is 2.26. The van der Waals surface area contributed by atoms with Gasteiger partial charge in [0.1, 0.15) is 0 Å². The summed E-state index contributed by atoms with van der Waals surface area (Å²) in [7, 11) is 0. The van der Waals surface area contributed by atoms with Crippen LogP contribution in [0, 0.1) is 9.86 Å². The molecule has 0 saturated carbocycles. The summed E-state index contributed by atoms with van der Waals surface area (Å²) >= 11 is -3.34. The number of unbranched alkanes of at least 4 members (excludes halogenated alkanes) is 4. The number of benzene rings is 3. The van der Waals surface area contributed by atoms with E-state index in [-0.39, 0.29) is 0 Å². The van der Waals surface area contributed by atoms with Crippen molar-refractivity contribution in [2.24, 2.45) is 0 Å².